The van der Waals surface area contributed by atoms with Gasteiger partial charge in [-0.15, -0.1) is 0 Å². The molecule has 0 aliphatic carbocycles. The minimum Gasteiger partial charge on any atom is -0.352 e. The van der Waals surface area contributed by atoms with Crippen LogP contribution in [0.4, 0.5) is 17.6 Å². The van der Waals surface area contributed by atoms with E-state index in [0.29, 0.717) is 17.6 Å². The van der Waals surface area contributed by atoms with E-state index in [1.54, 1.807) is 19.3 Å². The Kier molecular flexibility index (Phi) is 4.19. The van der Waals surface area contributed by atoms with Gasteiger partial charge in [0, 0.05) is 25.4 Å². The Bertz CT molecular complexity index is 669. The van der Waals surface area contributed by atoms with Gasteiger partial charge >= 0.3 is 0 Å². The molecule has 2 rings (SSSR count). The van der Waals surface area contributed by atoms with Crippen LogP contribution in [0.3, 0.4) is 0 Å². The SMILES string of the molecule is CC(C)Nc1nc(Cl)nc(Nc2ccc(=O)n(C)c2)n1. The summed E-state index contributed by atoms with van der Waals surface area (Å²) in [5.41, 5.74) is 0.594. The third-order valence-electron chi connectivity index (χ3n) is 2.37. The van der Waals surface area contributed by atoms with Crippen LogP contribution in [0.5, 0.6) is 0 Å². The monoisotopic (exact) mass is 294 g/mol. The Balaban J connectivity index is 2.26. The lowest BCUT2D eigenvalue weighted by atomic mass is 10.4. The Morgan fingerprint density at radius 1 is 1.20 bits per heavy atom. The van der Waals surface area contributed by atoms with Crippen LogP contribution in [0.25, 0.3) is 0 Å². The number of halogens is 1. The molecule has 0 amide bonds. The highest BCUT2D eigenvalue weighted by atomic mass is 35.5. The minimum atomic E-state index is -0.0913. The molecule has 0 atom stereocenters. The molecule has 0 spiro atoms. The van der Waals surface area contributed by atoms with Crippen LogP contribution in [0.2, 0.25) is 5.28 Å². The number of pyridine rings is 1. The second kappa shape index (κ2) is 5.87. The molecule has 106 valence electrons. The number of nitrogens with one attached hydrogen (secondary N) is 2. The molecule has 7 nitrogen and oxygen atoms in total. The highest BCUT2D eigenvalue weighted by molar-refractivity contribution is 6.28. The molecule has 20 heavy (non-hydrogen) atoms. The van der Waals surface area contributed by atoms with Gasteiger partial charge in [-0.3, -0.25) is 4.79 Å². The standard InChI is InChI=1S/C12H15ClN6O/c1-7(2)14-11-16-10(13)17-12(18-11)15-8-4-5-9(20)19(3)6-8/h4-7H,1-3H3,(H2,14,15,16,17,18). The third kappa shape index (κ3) is 3.67. The zero-order valence-corrected chi connectivity index (χ0v) is 12.1. The van der Waals surface area contributed by atoms with Crippen LogP contribution in [-0.4, -0.2) is 25.6 Å². The zero-order chi connectivity index (χ0) is 14.7. The molecule has 0 radical (unpaired) electrons. The van der Waals surface area contributed by atoms with E-state index in [9.17, 15) is 4.79 Å². The van der Waals surface area contributed by atoms with E-state index in [-0.39, 0.29) is 16.9 Å². The van der Waals surface area contributed by atoms with E-state index < -0.39 is 0 Å². The fourth-order valence-electron chi connectivity index (χ4n) is 1.53. The highest BCUT2D eigenvalue weighted by Crippen LogP contribution is 2.14. The molecular formula is C12H15ClN6O. The first-order valence-corrected chi connectivity index (χ1v) is 6.43. The molecule has 0 aromatic carbocycles. The normalized spacial score (nSPS) is 10.7. The number of nitrogens with zero attached hydrogens (tertiary/aromatic N) is 4. The molecule has 2 heterocycles. The lowest BCUT2D eigenvalue weighted by Crippen LogP contribution is -2.16. The molecule has 0 saturated carbocycles. The molecule has 0 fully saturated rings. The summed E-state index contributed by atoms with van der Waals surface area (Å²) in [5.74, 6) is 0.708. The lowest BCUT2D eigenvalue weighted by Gasteiger charge is -2.10. The fourth-order valence-corrected chi connectivity index (χ4v) is 1.69. The number of aromatic nitrogens is 4. The van der Waals surface area contributed by atoms with Crippen molar-refractivity contribution in [2.45, 2.75) is 19.9 Å². The van der Waals surface area contributed by atoms with Gasteiger partial charge in [-0.05, 0) is 31.5 Å². The quantitative estimate of drug-likeness (QED) is 0.894. The first-order chi connectivity index (χ1) is 9.44. The molecule has 2 aromatic rings. The van der Waals surface area contributed by atoms with Crippen molar-refractivity contribution >= 4 is 29.2 Å². The predicted molar refractivity (Wildman–Crippen MR) is 78.6 cm³/mol. The molecule has 2 aromatic heterocycles. The van der Waals surface area contributed by atoms with Crippen LogP contribution in [0, 0.1) is 0 Å². The summed E-state index contributed by atoms with van der Waals surface area (Å²) >= 11 is 5.86. The van der Waals surface area contributed by atoms with Crippen LogP contribution in [0.15, 0.2) is 23.1 Å². The summed E-state index contributed by atoms with van der Waals surface area (Å²) in [7, 11) is 1.67. The first kappa shape index (κ1) is 14.3. The molecule has 8 heteroatoms. The first-order valence-electron chi connectivity index (χ1n) is 6.06. The Labute approximate surface area is 121 Å². The Morgan fingerprint density at radius 2 is 1.90 bits per heavy atom. The van der Waals surface area contributed by atoms with Crippen molar-refractivity contribution in [1.29, 1.82) is 0 Å². The lowest BCUT2D eigenvalue weighted by molar-refractivity contribution is 0.859. The average Bonchev–Trinajstić information content (AvgIpc) is 2.32. The predicted octanol–water partition coefficient (Wildman–Crippen LogP) is 1.79. The summed E-state index contributed by atoms with van der Waals surface area (Å²) < 4.78 is 1.46. The van der Waals surface area contributed by atoms with Gasteiger partial charge in [0.15, 0.2) is 0 Å². The van der Waals surface area contributed by atoms with E-state index in [1.165, 1.54) is 10.6 Å². The third-order valence-corrected chi connectivity index (χ3v) is 2.54. The number of rotatable bonds is 4. The minimum absolute atomic E-state index is 0.0913. The number of hydrogen-bond acceptors (Lipinski definition) is 6. The summed E-state index contributed by atoms with van der Waals surface area (Å²) in [6.07, 6.45) is 1.65. The number of hydrogen-bond donors (Lipinski definition) is 2. The van der Waals surface area contributed by atoms with Gasteiger partial charge in [0.25, 0.3) is 0 Å². The number of aryl methyl sites for hydroxylation is 1. The van der Waals surface area contributed by atoms with Gasteiger partial charge in [-0.2, -0.15) is 15.0 Å². The molecule has 0 saturated heterocycles. The highest BCUT2D eigenvalue weighted by Gasteiger charge is 2.06. The second-order valence-electron chi connectivity index (χ2n) is 4.54. The van der Waals surface area contributed by atoms with Crippen molar-refractivity contribution in [3.63, 3.8) is 0 Å². The maximum Gasteiger partial charge on any atom is 0.250 e. The number of anilines is 3. The molecule has 0 unspecified atom stereocenters. The van der Waals surface area contributed by atoms with Crippen LogP contribution >= 0.6 is 11.6 Å². The van der Waals surface area contributed by atoms with Crippen molar-refractivity contribution in [3.05, 3.63) is 34.0 Å². The van der Waals surface area contributed by atoms with E-state index in [2.05, 4.69) is 25.6 Å². The zero-order valence-electron chi connectivity index (χ0n) is 11.4. The van der Waals surface area contributed by atoms with Gasteiger partial charge in [0.2, 0.25) is 22.7 Å². The van der Waals surface area contributed by atoms with Crippen LogP contribution in [0.1, 0.15) is 13.8 Å². The van der Waals surface area contributed by atoms with E-state index in [4.69, 9.17) is 11.6 Å². The van der Waals surface area contributed by atoms with Gasteiger partial charge < -0.3 is 15.2 Å². The Morgan fingerprint density at radius 3 is 2.55 bits per heavy atom. The summed E-state index contributed by atoms with van der Waals surface area (Å²) in [6.45, 7) is 3.94. The molecule has 0 aliphatic heterocycles. The average molecular weight is 295 g/mol. The van der Waals surface area contributed by atoms with Crippen molar-refractivity contribution < 1.29 is 0 Å². The van der Waals surface area contributed by atoms with Gasteiger partial charge in [-0.25, -0.2) is 0 Å². The Hall–Kier alpha value is -2.15. The van der Waals surface area contributed by atoms with E-state index in [0.717, 1.165) is 0 Å². The van der Waals surface area contributed by atoms with Gasteiger partial charge in [0.05, 0.1) is 5.69 Å². The largest absolute Gasteiger partial charge is 0.352 e. The van der Waals surface area contributed by atoms with E-state index in [1.807, 2.05) is 13.8 Å². The van der Waals surface area contributed by atoms with E-state index >= 15 is 0 Å². The van der Waals surface area contributed by atoms with Crippen molar-refractivity contribution in [3.8, 4) is 0 Å². The molecule has 2 N–H and O–H groups in total. The topological polar surface area (TPSA) is 84.7 Å². The van der Waals surface area contributed by atoms with Crippen molar-refractivity contribution in [2.75, 3.05) is 10.6 Å². The van der Waals surface area contributed by atoms with Crippen LogP contribution in [-0.2, 0) is 7.05 Å². The maximum atomic E-state index is 11.3. The molecule has 0 bridgehead atoms. The van der Waals surface area contributed by atoms with Crippen LogP contribution < -0.4 is 16.2 Å². The molecule has 0 aliphatic rings. The summed E-state index contributed by atoms with van der Waals surface area (Å²) in [4.78, 5) is 23.5. The summed E-state index contributed by atoms with van der Waals surface area (Å²) in [5, 5.41) is 6.12. The smallest absolute Gasteiger partial charge is 0.250 e. The van der Waals surface area contributed by atoms with Crippen molar-refractivity contribution in [2.24, 2.45) is 7.05 Å². The van der Waals surface area contributed by atoms with Gasteiger partial charge in [-0.1, -0.05) is 0 Å². The maximum absolute atomic E-state index is 11.3. The van der Waals surface area contributed by atoms with Gasteiger partial charge in [0.1, 0.15) is 0 Å². The summed E-state index contributed by atoms with van der Waals surface area (Å²) in [6, 6.07) is 3.28. The second-order valence-corrected chi connectivity index (χ2v) is 4.88. The molecular weight excluding hydrogens is 280 g/mol. The fraction of sp³-hybridized carbons (Fsp3) is 0.333. The van der Waals surface area contributed by atoms with Crippen molar-refractivity contribution in [1.82, 2.24) is 19.5 Å².